The molecule has 19 heavy (non-hydrogen) atoms. The van der Waals surface area contributed by atoms with E-state index in [0.29, 0.717) is 6.04 Å². The van der Waals surface area contributed by atoms with Crippen LogP contribution in [0, 0.1) is 6.92 Å². The van der Waals surface area contributed by atoms with Crippen LogP contribution in [0.3, 0.4) is 0 Å². The molecule has 0 amide bonds. The average Bonchev–Trinajstić information content (AvgIpc) is 3.11. The molecule has 0 saturated heterocycles. The minimum absolute atomic E-state index is 0.599. The van der Waals surface area contributed by atoms with Gasteiger partial charge in [0, 0.05) is 13.2 Å². The normalized spacial score (nSPS) is 16.1. The van der Waals surface area contributed by atoms with Crippen molar-refractivity contribution in [1.82, 2.24) is 19.6 Å². The number of aromatic nitrogens is 4. The molecule has 0 atom stereocenters. The first-order valence-electron chi connectivity index (χ1n) is 7.00. The minimum Gasteiger partial charge on any atom is -0.377 e. The molecular weight excluding hydrogens is 238 g/mol. The first-order chi connectivity index (χ1) is 9.25. The van der Waals surface area contributed by atoms with Crippen LogP contribution < -0.4 is 5.32 Å². The van der Waals surface area contributed by atoms with Crippen LogP contribution in [0.4, 0.5) is 5.69 Å². The highest BCUT2D eigenvalue weighted by Gasteiger charge is 2.19. The first-order valence-corrected chi connectivity index (χ1v) is 7.00. The largest absolute Gasteiger partial charge is 0.377 e. The van der Waals surface area contributed by atoms with Gasteiger partial charge in [-0.2, -0.15) is 10.2 Å². The summed E-state index contributed by atoms with van der Waals surface area (Å²) in [6.45, 7) is 2.88. The molecule has 0 spiro atoms. The summed E-state index contributed by atoms with van der Waals surface area (Å²) < 4.78 is 4.09. The predicted molar refractivity (Wildman–Crippen MR) is 75.0 cm³/mol. The van der Waals surface area contributed by atoms with Gasteiger partial charge in [-0.15, -0.1) is 0 Å². The second-order valence-corrected chi connectivity index (χ2v) is 5.33. The Labute approximate surface area is 113 Å². The molecule has 0 bridgehead atoms. The Hall–Kier alpha value is -1.78. The smallest absolute Gasteiger partial charge is 0.0759 e. The average molecular weight is 259 g/mol. The summed E-state index contributed by atoms with van der Waals surface area (Å²) in [7, 11) is 1.96. The first kappa shape index (κ1) is 12.3. The summed E-state index contributed by atoms with van der Waals surface area (Å²) >= 11 is 0. The van der Waals surface area contributed by atoms with Gasteiger partial charge in [-0.3, -0.25) is 9.36 Å². The van der Waals surface area contributed by atoms with E-state index >= 15 is 0 Å². The highest BCUT2D eigenvalue weighted by Crippen LogP contribution is 2.30. The lowest BCUT2D eigenvalue weighted by Gasteiger charge is -2.14. The van der Waals surface area contributed by atoms with E-state index in [4.69, 9.17) is 0 Å². The maximum atomic E-state index is 4.49. The number of hydrogen-bond donors (Lipinski definition) is 1. The van der Waals surface area contributed by atoms with Gasteiger partial charge >= 0.3 is 0 Å². The Morgan fingerprint density at radius 3 is 2.79 bits per heavy atom. The van der Waals surface area contributed by atoms with E-state index in [1.807, 2.05) is 24.1 Å². The van der Waals surface area contributed by atoms with Gasteiger partial charge in [-0.25, -0.2) is 0 Å². The van der Waals surface area contributed by atoms with Gasteiger partial charge in [0.2, 0.25) is 0 Å². The van der Waals surface area contributed by atoms with Crippen molar-refractivity contribution >= 4 is 5.69 Å². The van der Waals surface area contributed by atoms with Crippen LogP contribution >= 0.6 is 0 Å². The molecule has 5 nitrogen and oxygen atoms in total. The third-order valence-corrected chi connectivity index (χ3v) is 4.12. The van der Waals surface area contributed by atoms with Crippen LogP contribution in [0.15, 0.2) is 18.5 Å². The third-order valence-electron chi connectivity index (χ3n) is 4.12. The van der Waals surface area contributed by atoms with Gasteiger partial charge in [0.15, 0.2) is 0 Å². The Bertz CT molecular complexity index is 548. The van der Waals surface area contributed by atoms with Gasteiger partial charge in [0.1, 0.15) is 0 Å². The molecule has 1 aliphatic rings. The molecule has 102 valence electrons. The van der Waals surface area contributed by atoms with Crippen molar-refractivity contribution in [2.75, 3.05) is 5.32 Å². The Kier molecular flexibility index (Phi) is 3.27. The molecule has 0 unspecified atom stereocenters. The van der Waals surface area contributed by atoms with E-state index in [1.165, 1.54) is 31.4 Å². The van der Waals surface area contributed by atoms with E-state index in [2.05, 4.69) is 33.2 Å². The SMILES string of the molecule is Cc1c(NCc2ccnn2C2CCCC2)cnn1C. The number of rotatable bonds is 4. The molecule has 5 heteroatoms. The zero-order valence-corrected chi connectivity index (χ0v) is 11.6. The molecule has 0 aliphatic heterocycles. The maximum Gasteiger partial charge on any atom is 0.0759 e. The van der Waals surface area contributed by atoms with Crippen molar-refractivity contribution in [3.05, 3.63) is 29.8 Å². The molecule has 1 saturated carbocycles. The molecule has 2 aromatic heterocycles. The van der Waals surface area contributed by atoms with E-state index in [9.17, 15) is 0 Å². The number of nitrogens with zero attached hydrogens (tertiary/aromatic N) is 4. The van der Waals surface area contributed by atoms with Crippen LogP contribution in [-0.2, 0) is 13.6 Å². The van der Waals surface area contributed by atoms with E-state index in [1.54, 1.807) is 0 Å². The number of aryl methyl sites for hydroxylation is 1. The standard InChI is InChI=1S/C14H21N5/c1-11-14(10-17-18(11)2)15-9-13-7-8-16-19(13)12-5-3-4-6-12/h7-8,10,12,15H,3-6,9H2,1-2H3. The fourth-order valence-electron chi connectivity index (χ4n) is 2.82. The minimum atomic E-state index is 0.599. The highest BCUT2D eigenvalue weighted by molar-refractivity contribution is 5.45. The Morgan fingerprint density at radius 2 is 2.11 bits per heavy atom. The number of hydrogen-bond acceptors (Lipinski definition) is 3. The number of anilines is 1. The van der Waals surface area contributed by atoms with E-state index in [0.717, 1.165) is 17.9 Å². The van der Waals surface area contributed by atoms with Crippen LogP contribution in [-0.4, -0.2) is 19.6 Å². The van der Waals surface area contributed by atoms with Gasteiger partial charge in [-0.1, -0.05) is 12.8 Å². The maximum absolute atomic E-state index is 4.49. The fraction of sp³-hybridized carbons (Fsp3) is 0.571. The monoisotopic (exact) mass is 259 g/mol. The molecule has 1 fully saturated rings. The second-order valence-electron chi connectivity index (χ2n) is 5.33. The van der Waals surface area contributed by atoms with Crippen molar-refractivity contribution in [3.8, 4) is 0 Å². The third kappa shape index (κ3) is 2.37. The Morgan fingerprint density at radius 1 is 1.32 bits per heavy atom. The zero-order chi connectivity index (χ0) is 13.2. The van der Waals surface area contributed by atoms with Crippen molar-refractivity contribution in [1.29, 1.82) is 0 Å². The van der Waals surface area contributed by atoms with Crippen LogP contribution in [0.1, 0.15) is 43.1 Å². The van der Waals surface area contributed by atoms with Gasteiger partial charge in [-0.05, 0) is 25.8 Å². The van der Waals surface area contributed by atoms with Crippen LogP contribution in [0.5, 0.6) is 0 Å². The van der Waals surface area contributed by atoms with Crippen LogP contribution in [0.25, 0.3) is 0 Å². The van der Waals surface area contributed by atoms with Gasteiger partial charge < -0.3 is 5.32 Å². The molecule has 3 rings (SSSR count). The topological polar surface area (TPSA) is 47.7 Å². The van der Waals surface area contributed by atoms with Crippen molar-refractivity contribution in [2.45, 2.75) is 45.2 Å². The lowest BCUT2D eigenvalue weighted by atomic mass is 10.2. The molecule has 2 heterocycles. The van der Waals surface area contributed by atoms with Gasteiger partial charge in [0.05, 0.1) is 35.9 Å². The second kappa shape index (κ2) is 5.07. The summed E-state index contributed by atoms with van der Waals surface area (Å²) in [4.78, 5) is 0. The zero-order valence-electron chi connectivity index (χ0n) is 11.6. The summed E-state index contributed by atoms with van der Waals surface area (Å²) in [5, 5.41) is 12.2. The quantitative estimate of drug-likeness (QED) is 0.918. The molecule has 2 aromatic rings. The molecule has 0 aromatic carbocycles. The van der Waals surface area contributed by atoms with Crippen molar-refractivity contribution < 1.29 is 0 Å². The summed E-state index contributed by atoms with van der Waals surface area (Å²) in [6, 6.07) is 2.71. The summed E-state index contributed by atoms with van der Waals surface area (Å²) in [6.07, 6.45) is 8.98. The molecule has 1 N–H and O–H groups in total. The lowest BCUT2D eigenvalue weighted by molar-refractivity contribution is 0.452. The van der Waals surface area contributed by atoms with E-state index < -0.39 is 0 Å². The van der Waals surface area contributed by atoms with Crippen molar-refractivity contribution in [2.24, 2.45) is 7.05 Å². The molecular formula is C14H21N5. The van der Waals surface area contributed by atoms with E-state index in [-0.39, 0.29) is 0 Å². The highest BCUT2D eigenvalue weighted by atomic mass is 15.3. The van der Waals surface area contributed by atoms with Crippen molar-refractivity contribution in [3.63, 3.8) is 0 Å². The summed E-state index contributed by atoms with van der Waals surface area (Å²) in [5.41, 5.74) is 3.52. The Balaban J connectivity index is 1.70. The van der Waals surface area contributed by atoms with Gasteiger partial charge in [0.25, 0.3) is 0 Å². The predicted octanol–water partition coefficient (Wildman–Crippen LogP) is 2.65. The fourth-order valence-corrected chi connectivity index (χ4v) is 2.82. The molecule has 1 aliphatic carbocycles. The van der Waals surface area contributed by atoms with Crippen LogP contribution in [0.2, 0.25) is 0 Å². The number of nitrogens with one attached hydrogen (secondary N) is 1. The summed E-state index contributed by atoms with van der Waals surface area (Å²) in [5.74, 6) is 0. The lowest BCUT2D eigenvalue weighted by Crippen LogP contribution is -2.13. The molecule has 0 radical (unpaired) electrons.